The highest BCUT2D eigenvalue weighted by Crippen LogP contribution is 2.29. The van der Waals surface area contributed by atoms with Gasteiger partial charge in [0.05, 0.1) is 11.8 Å². The monoisotopic (exact) mass is 302 g/mol. The molecule has 8 heteroatoms. The Morgan fingerprint density at radius 1 is 1.45 bits per heavy atom. The maximum absolute atomic E-state index is 11.7. The summed E-state index contributed by atoms with van der Waals surface area (Å²) >= 11 is 0. The lowest BCUT2D eigenvalue weighted by Gasteiger charge is -2.22. The van der Waals surface area contributed by atoms with E-state index in [0.717, 1.165) is 31.8 Å². The van der Waals surface area contributed by atoms with E-state index >= 15 is 0 Å². The fourth-order valence-corrected chi connectivity index (χ4v) is 3.33. The van der Waals surface area contributed by atoms with Gasteiger partial charge in [0.15, 0.2) is 5.82 Å². The molecule has 7 nitrogen and oxygen atoms in total. The first-order chi connectivity index (χ1) is 9.40. The third-order valence-electron chi connectivity index (χ3n) is 3.61. The quantitative estimate of drug-likeness (QED) is 0.773. The van der Waals surface area contributed by atoms with Crippen LogP contribution in [0.4, 0.5) is 0 Å². The predicted octanol–water partition coefficient (Wildman–Crippen LogP) is 0.796. The maximum atomic E-state index is 11.7. The molecule has 0 radical (unpaired) electrons. The van der Waals surface area contributed by atoms with Crippen LogP contribution in [-0.2, 0) is 10.0 Å². The van der Waals surface area contributed by atoms with E-state index in [0.29, 0.717) is 12.3 Å². The first-order valence-electron chi connectivity index (χ1n) is 6.84. The van der Waals surface area contributed by atoms with Gasteiger partial charge >= 0.3 is 0 Å². The van der Waals surface area contributed by atoms with Gasteiger partial charge in [-0.1, -0.05) is 5.16 Å². The molecule has 1 aromatic heterocycles. The van der Waals surface area contributed by atoms with Crippen molar-refractivity contribution < 1.29 is 12.9 Å². The topological polar surface area (TPSA) is 79.5 Å². The van der Waals surface area contributed by atoms with Gasteiger partial charge in [-0.25, -0.2) is 12.7 Å². The van der Waals surface area contributed by atoms with Gasteiger partial charge in [-0.05, 0) is 32.4 Å². The largest absolute Gasteiger partial charge is 0.340 e. The second-order valence-electron chi connectivity index (χ2n) is 5.32. The number of aryl methyl sites for hydroxylation is 1. The molecule has 20 heavy (non-hydrogen) atoms. The lowest BCUT2D eigenvalue weighted by molar-refractivity contribution is 0.243. The van der Waals surface area contributed by atoms with Crippen LogP contribution in [0.15, 0.2) is 4.52 Å². The van der Waals surface area contributed by atoms with Gasteiger partial charge in [-0.2, -0.15) is 4.98 Å². The summed E-state index contributed by atoms with van der Waals surface area (Å²) in [6, 6.07) is 0.162. The van der Waals surface area contributed by atoms with Crippen molar-refractivity contribution in [3.63, 3.8) is 0 Å². The van der Waals surface area contributed by atoms with Crippen molar-refractivity contribution in [2.24, 2.45) is 0 Å². The molecule has 1 fully saturated rings. The number of sulfonamides is 1. The van der Waals surface area contributed by atoms with E-state index in [1.807, 2.05) is 0 Å². The molecule has 2 rings (SSSR count). The standard InChI is InChI=1S/C12H22N4O3S/c1-10-13-12(14-19-10)11-6-4-7-16(11)8-5-9-20(17,18)15(2)3/h11H,4-9H2,1-3H3/t11-/m1/s1. The average Bonchev–Trinajstić information content (AvgIpc) is 2.97. The number of hydrogen-bond acceptors (Lipinski definition) is 6. The average molecular weight is 302 g/mol. The fourth-order valence-electron chi connectivity index (χ4n) is 2.47. The first kappa shape index (κ1) is 15.4. The van der Waals surface area contributed by atoms with Gasteiger partial charge in [-0.15, -0.1) is 0 Å². The Bertz CT molecular complexity index is 541. The van der Waals surface area contributed by atoms with Crippen LogP contribution < -0.4 is 0 Å². The third-order valence-corrected chi connectivity index (χ3v) is 5.53. The molecule has 2 heterocycles. The Kier molecular flexibility index (Phi) is 4.77. The van der Waals surface area contributed by atoms with Gasteiger partial charge in [0.1, 0.15) is 0 Å². The minimum absolute atomic E-state index is 0.162. The Morgan fingerprint density at radius 3 is 2.80 bits per heavy atom. The zero-order chi connectivity index (χ0) is 14.8. The second-order valence-corrected chi connectivity index (χ2v) is 7.62. The molecule has 0 spiro atoms. The molecule has 1 aliphatic heterocycles. The molecule has 114 valence electrons. The van der Waals surface area contributed by atoms with Gasteiger partial charge in [-0.3, -0.25) is 4.90 Å². The SMILES string of the molecule is Cc1nc([C@H]2CCCN2CCCS(=O)(=O)N(C)C)no1. The second kappa shape index (κ2) is 6.19. The highest BCUT2D eigenvalue weighted by molar-refractivity contribution is 7.89. The van der Waals surface area contributed by atoms with Gasteiger partial charge in [0.25, 0.3) is 0 Å². The number of rotatable bonds is 6. The van der Waals surface area contributed by atoms with Crippen LogP contribution >= 0.6 is 0 Å². The highest BCUT2D eigenvalue weighted by Gasteiger charge is 2.29. The summed E-state index contributed by atoms with van der Waals surface area (Å²) in [6.45, 7) is 3.48. The van der Waals surface area contributed by atoms with E-state index in [1.165, 1.54) is 4.31 Å². The van der Waals surface area contributed by atoms with Crippen molar-refractivity contribution >= 4 is 10.0 Å². The zero-order valence-corrected chi connectivity index (χ0v) is 13.1. The van der Waals surface area contributed by atoms with E-state index in [1.54, 1.807) is 21.0 Å². The summed E-state index contributed by atoms with van der Waals surface area (Å²) in [5.74, 6) is 1.46. The Morgan fingerprint density at radius 2 is 2.20 bits per heavy atom. The van der Waals surface area contributed by atoms with E-state index in [4.69, 9.17) is 4.52 Å². The molecule has 1 saturated heterocycles. The van der Waals surface area contributed by atoms with Crippen LogP contribution in [0.3, 0.4) is 0 Å². The highest BCUT2D eigenvalue weighted by atomic mass is 32.2. The molecule has 0 N–H and O–H groups in total. The number of hydrogen-bond donors (Lipinski definition) is 0. The molecule has 1 atom stereocenters. The van der Waals surface area contributed by atoms with Crippen molar-refractivity contribution in [2.75, 3.05) is 32.9 Å². The Labute approximate surface area is 120 Å². The fraction of sp³-hybridized carbons (Fsp3) is 0.833. The van der Waals surface area contributed by atoms with Crippen molar-refractivity contribution in [2.45, 2.75) is 32.2 Å². The summed E-state index contributed by atoms with van der Waals surface area (Å²) in [6.07, 6.45) is 2.70. The molecule has 0 unspecified atom stereocenters. The molecule has 0 bridgehead atoms. The summed E-state index contributed by atoms with van der Waals surface area (Å²) in [5, 5.41) is 3.98. The molecule has 1 aliphatic rings. The van der Waals surface area contributed by atoms with Crippen molar-refractivity contribution in [3.8, 4) is 0 Å². The van der Waals surface area contributed by atoms with Gasteiger partial charge in [0.2, 0.25) is 15.9 Å². The van der Waals surface area contributed by atoms with Crippen LogP contribution in [0.1, 0.15) is 37.0 Å². The van der Waals surface area contributed by atoms with Crippen molar-refractivity contribution in [1.82, 2.24) is 19.3 Å². The normalized spacial score (nSPS) is 20.9. The maximum Gasteiger partial charge on any atom is 0.223 e. The number of nitrogens with zero attached hydrogens (tertiary/aromatic N) is 4. The van der Waals surface area contributed by atoms with Crippen molar-refractivity contribution in [1.29, 1.82) is 0 Å². The lowest BCUT2D eigenvalue weighted by Crippen LogP contribution is -2.30. The van der Waals surface area contributed by atoms with Crippen LogP contribution in [0.25, 0.3) is 0 Å². The minimum Gasteiger partial charge on any atom is -0.340 e. The molecule has 0 aliphatic carbocycles. The molecule has 0 saturated carbocycles. The van der Waals surface area contributed by atoms with E-state index in [9.17, 15) is 8.42 Å². The van der Waals surface area contributed by atoms with E-state index < -0.39 is 10.0 Å². The summed E-state index contributed by atoms with van der Waals surface area (Å²) in [4.78, 5) is 6.53. The van der Waals surface area contributed by atoms with Gasteiger partial charge in [0, 0.05) is 21.0 Å². The van der Waals surface area contributed by atoms with Crippen LogP contribution in [-0.4, -0.2) is 60.7 Å². The van der Waals surface area contributed by atoms with E-state index in [-0.39, 0.29) is 11.8 Å². The lowest BCUT2D eigenvalue weighted by atomic mass is 10.2. The zero-order valence-electron chi connectivity index (χ0n) is 12.2. The summed E-state index contributed by atoms with van der Waals surface area (Å²) in [7, 11) is 0.0201. The van der Waals surface area contributed by atoms with Crippen molar-refractivity contribution in [3.05, 3.63) is 11.7 Å². The first-order valence-corrected chi connectivity index (χ1v) is 8.45. The van der Waals surface area contributed by atoms with Gasteiger partial charge < -0.3 is 4.52 Å². The smallest absolute Gasteiger partial charge is 0.223 e. The molecule has 0 amide bonds. The van der Waals surface area contributed by atoms with Crippen LogP contribution in [0, 0.1) is 6.92 Å². The molecular formula is C12H22N4O3S. The van der Waals surface area contributed by atoms with Crippen LogP contribution in [0.2, 0.25) is 0 Å². The third kappa shape index (κ3) is 3.56. The Balaban J connectivity index is 1.89. The van der Waals surface area contributed by atoms with Crippen LogP contribution in [0.5, 0.6) is 0 Å². The summed E-state index contributed by atoms with van der Waals surface area (Å²) < 4.78 is 29.8. The van der Waals surface area contributed by atoms with E-state index in [2.05, 4.69) is 15.0 Å². The molecule has 0 aromatic carbocycles. The minimum atomic E-state index is -3.11. The molecular weight excluding hydrogens is 280 g/mol. The number of likely N-dealkylation sites (tertiary alicyclic amines) is 1. The predicted molar refractivity (Wildman–Crippen MR) is 74.7 cm³/mol. The Hall–Kier alpha value is -0.990. The molecule has 1 aromatic rings. The number of aromatic nitrogens is 2. The summed E-state index contributed by atoms with van der Waals surface area (Å²) in [5.41, 5.74) is 0.